The molecule has 0 saturated carbocycles. The average Bonchev–Trinajstić information content (AvgIpc) is 2.57. The highest BCUT2D eigenvalue weighted by Crippen LogP contribution is 2.42. The molecule has 2 aromatic carbocycles. The van der Waals surface area contributed by atoms with Crippen LogP contribution in [0.3, 0.4) is 0 Å². The van der Waals surface area contributed by atoms with Crippen LogP contribution in [0.25, 0.3) is 0 Å². The predicted molar refractivity (Wildman–Crippen MR) is 140 cm³/mol. The molecule has 0 aromatic heterocycles. The van der Waals surface area contributed by atoms with Gasteiger partial charge in [-0.2, -0.15) is 0 Å². The van der Waals surface area contributed by atoms with Crippen LogP contribution in [0.2, 0.25) is 0 Å². The van der Waals surface area contributed by atoms with E-state index in [-0.39, 0.29) is 21.7 Å². The Morgan fingerprint density at radius 1 is 0.581 bits per heavy atom. The fraction of sp³-hybridized carbons (Fsp3) is 0.613. The van der Waals surface area contributed by atoms with Crippen LogP contribution < -0.4 is 0 Å². The zero-order valence-corrected chi connectivity index (χ0v) is 22.7. The summed E-state index contributed by atoms with van der Waals surface area (Å²) in [5.74, 6) is 0.465. The van der Waals surface area contributed by atoms with E-state index in [2.05, 4.69) is 126 Å². The molecule has 2 aromatic rings. The van der Waals surface area contributed by atoms with Crippen LogP contribution >= 0.6 is 0 Å². The van der Waals surface area contributed by atoms with Gasteiger partial charge in [-0.25, -0.2) is 0 Å². The van der Waals surface area contributed by atoms with Crippen LogP contribution in [0, 0.1) is 0 Å². The first kappa shape index (κ1) is 25.7. The number of benzene rings is 2. The van der Waals surface area contributed by atoms with E-state index in [0.717, 1.165) is 6.42 Å². The summed E-state index contributed by atoms with van der Waals surface area (Å²) in [5, 5.41) is 0. The second kappa shape index (κ2) is 8.42. The molecular formula is C31H48. The Labute approximate surface area is 193 Å². The molecule has 0 fully saturated rings. The summed E-state index contributed by atoms with van der Waals surface area (Å²) in [7, 11) is 0. The van der Waals surface area contributed by atoms with E-state index in [4.69, 9.17) is 0 Å². The van der Waals surface area contributed by atoms with Gasteiger partial charge in [0.15, 0.2) is 0 Å². The quantitative estimate of drug-likeness (QED) is 0.464. The Bertz CT molecular complexity index is 864. The van der Waals surface area contributed by atoms with Gasteiger partial charge >= 0.3 is 0 Å². The molecule has 0 radical (unpaired) electrons. The highest BCUT2D eigenvalue weighted by Gasteiger charge is 2.31. The third-order valence-electron chi connectivity index (χ3n) is 6.49. The minimum Gasteiger partial charge on any atom is -0.0617 e. The number of hydrogen-bond donors (Lipinski definition) is 0. The third-order valence-corrected chi connectivity index (χ3v) is 6.49. The van der Waals surface area contributed by atoms with E-state index in [1.165, 1.54) is 27.8 Å². The van der Waals surface area contributed by atoms with E-state index >= 15 is 0 Å². The van der Waals surface area contributed by atoms with E-state index in [1.807, 2.05) is 0 Å². The van der Waals surface area contributed by atoms with Crippen LogP contribution in [-0.4, -0.2) is 0 Å². The first-order valence-corrected chi connectivity index (χ1v) is 12.1. The summed E-state index contributed by atoms with van der Waals surface area (Å²) in [4.78, 5) is 0. The summed E-state index contributed by atoms with van der Waals surface area (Å²) in [5.41, 5.74) is 9.46. The van der Waals surface area contributed by atoms with Gasteiger partial charge in [0.25, 0.3) is 0 Å². The van der Waals surface area contributed by atoms with Crippen LogP contribution in [0.4, 0.5) is 0 Å². The second-order valence-electron chi connectivity index (χ2n) is 13.8. The molecule has 1 unspecified atom stereocenters. The zero-order chi connectivity index (χ0) is 24.0. The van der Waals surface area contributed by atoms with Gasteiger partial charge in [-0.05, 0) is 67.4 Å². The van der Waals surface area contributed by atoms with Gasteiger partial charge in [0.05, 0.1) is 0 Å². The van der Waals surface area contributed by atoms with Crippen molar-refractivity contribution in [2.24, 2.45) is 0 Å². The van der Waals surface area contributed by atoms with Crippen LogP contribution in [0.15, 0.2) is 36.4 Å². The molecule has 1 atom stereocenters. The summed E-state index contributed by atoms with van der Waals surface area (Å²) in [6.45, 7) is 30.6. The first-order chi connectivity index (χ1) is 13.8. The largest absolute Gasteiger partial charge is 0.0617 e. The van der Waals surface area contributed by atoms with Crippen molar-refractivity contribution in [1.29, 1.82) is 0 Å². The van der Waals surface area contributed by atoms with Gasteiger partial charge in [0, 0.05) is 0 Å². The Hall–Kier alpha value is -1.56. The van der Waals surface area contributed by atoms with E-state index in [0.29, 0.717) is 5.92 Å². The minimum atomic E-state index is 0.109. The SMILES string of the molecule is CC(Cc1cccc(C(C)(C)C)c1)c1c(C(C)(C)C)cc(C(C)(C)C)cc1C(C)(C)C. The van der Waals surface area contributed by atoms with Gasteiger partial charge in [-0.3, -0.25) is 0 Å². The molecule has 0 heteroatoms. The van der Waals surface area contributed by atoms with Gasteiger partial charge < -0.3 is 0 Å². The highest BCUT2D eigenvalue weighted by molar-refractivity contribution is 5.49. The van der Waals surface area contributed by atoms with Crippen molar-refractivity contribution >= 4 is 0 Å². The predicted octanol–water partition coefficient (Wildman–Crippen LogP) is 9.22. The van der Waals surface area contributed by atoms with Crippen molar-refractivity contribution in [3.63, 3.8) is 0 Å². The zero-order valence-electron chi connectivity index (χ0n) is 22.7. The molecule has 0 aliphatic rings. The lowest BCUT2D eigenvalue weighted by atomic mass is 9.69. The van der Waals surface area contributed by atoms with E-state index in [1.54, 1.807) is 5.56 Å². The van der Waals surface area contributed by atoms with Crippen molar-refractivity contribution < 1.29 is 0 Å². The maximum Gasteiger partial charge on any atom is -0.0129 e. The van der Waals surface area contributed by atoms with Crippen molar-refractivity contribution in [2.45, 2.75) is 124 Å². The lowest BCUT2D eigenvalue weighted by Gasteiger charge is -2.36. The summed E-state index contributed by atoms with van der Waals surface area (Å²) < 4.78 is 0. The van der Waals surface area contributed by atoms with Gasteiger partial charge in [-0.1, -0.05) is 126 Å². The van der Waals surface area contributed by atoms with Crippen LogP contribution in [0.1, 0.15) is 129 Å². The molecule has 0 amide bonds. The average molecular weight is 421 g/mol. The summed E-state index contributed by atoms with van der Waals surface area (Å²) in [6.07, 6.45) is 1.07. The van der Waals surface area contributed by atoms with Crippen molar-refractivity contribution in [3.05, 3.63) is 69.8 Å². The Kier molecular flexibility index (Phi) is 6.98. The molecule has 2 rings (SSSR count). The van der Waals surface area contributed by atoms with Crippen molar-refractivity contribution in [2.75, 3.05) is 0 Å². The van der Waals surface area contributed by atoms with Gasteiger partial charge in [0.1, 0.15) is 0 Å². The minimum absolute atomic E-state index is 0.109. The standard InChI is InChI=1S/C31H48/c1-21(17-22-15-14-16-23(18-22)28(2,3)4)27-25(30(8,9)10)19-24(29(5,6)7)20-26(27)31(11,12)13/h14-16,18-21H,17H2,1-13H3. The third kappa shape index (κ3) is 6.24. The van der Waals surface area contributed by atoms with E-state index < -0.39 is 0 Å². The molecule has 0 nitrogen and oxygen atoms in total. The van der Waals surface area contributed by atoms with Crippen molar-refractivity contribution in [1.82, 2.24) is 0 Å². The summed E-state index contributed by atoms with van der Waals surface area (Å²) in [6, 6.07) is 14.3. The topological polar surface area (TPSA) is 0 Å². The molecule has 0 heterocycles. The molecule has 0 aliphatic carbocycles. The Morgan fingerprint density at radius 3 is 1.42 bits per heavy atom. The molecule has 0 aliphatic heterocycles. The van der Waals surface area contributed by atoms with E-state index in [9.17, 15) is 0 Å². The van der Waals surface area contributed by atoms with Gasteiger partial charge in [-0.15, -0.1) is 0 Å². The lowest BCUT2D eigenvalue weighted by Crippen LogP contribution is -2.25. The number of hydrogen-bond acceptors (Lipinski definition) is 0. The summed E-state index contributed by atoms with van der Waals surface area (Å²) >= 11 is 0. The molecule has 0 spiro atoms. The lowest BCUT2D eigenvalue weighted by molar-refractivity contribution is 0.526. The maximum atomic E-state index is 2.51. The molecule has 172 valence electrons. The molecule has 0 N–H and O–H groups in total. The smallest absolute Gasteiger partial charge is 0.0129 e. The molecular weight excluding hydrogens is 372 g/mol. The van der Waals surface area contributed by atoms with Crippen LogP contribution in [0.5, 0.6) is 0 Å². The molecule has 31 heavy (non-hydrogen) atoms. The monoisotopic (exact) mass is 420 g/mol. The molecule has 0 bridgehead atoms. The Morgan fingerprint density at radius 2 is 1.03 bits per heavy atom. The van der Waals surface area contributed by atoms with Crippen LogP contribution in [-0.2, 0) is 28.1 Å². The molecule has 0 saturated heterocycles. The fourth-order valence-electron chi connectivity index (χ4n) is 4.48. The Balaban J connectivity index is 2.68. The number of rotatable bonds is 3. The second-order valence-corrected chi connectivity index (χ2v) is 13.8. The normalized spacial score (nSPS) is 14.6. The van der Waals surface area contributed by atoms with Crippen molar-refractivity contribution in [3.8, 4) is 0 Å². The first-order valence-electron chi connectivity index (χ1n) is 12.1. The van der Waals surface area contributed by atoms with Gasteiger partial charge in [0.2, 0.25) is 0 Å². The highest BCUT2D eigenvalue weighted by atomic mass is 14.4. The maximum absolute atomic E-state index is 2.51. The fourth-order valence-corrected chi connectivity index (χ4v) is 4.48.